The molecule has 24 heavy (non-hydrogen) atoms. The Kier molecular flexibility index (Phi) is 5.46. The van der Waals surface area contributed by atoms with Crippen LogP contribution < -0.4 is 4.74 Å². The minimum absolute atomic E-state index is 0.155. The zero-order valence-corrected chi connectivity index (χ0v) is 13.6. The third-order valence-corrected chi connectivity index (χ3v) is 4.34. The number of likely N-dealkylation sites (tertiary alicyclic amines) is 1. The number of amides is 1. The van der Waals surface area contributed by atoms with Crippen LogP contribution >= 0.6 is 0 Å². The lowest BCUT2D eigenvalue weighted by molar-refractivity contribution is -0.132. The molecule has 1 atom stereocenters. The monoisotopic (exact) mass is 331 g/mol. The molecule has 0 bridgehead atoms. The molecule has 2 aromatic rings. The summed E-state index contributed by atoms with van der Waals surface area (Å²) in [5.41, 5.74) is 1.10. The molecule has 2 heterocycles. The normalized spacial score (nSPS) is 17.7. The molecule has 1 unspecified atom stereocenters. The number of aromatic nitrogens is 2. The van der Waals surface area contributed by atoms with Crippen molar-refractivity contribution in [2.45, 2.75) is 31.6 Å². The highest BCUT2D eigenvalue weighted by molar-refractivity contribution is 5.76. The summed E-state index contributed by atoms with van der Waals surface area (Å²) < 4.78 is 18.5. The summed E-state index contributed by atoms with van der Waals surface area (Å²) in [6, 6.07) is 8.03. The Labute approximate surface area is 140 Å². The van der Waals surface area contributed by atoms with E-state index in [1.807, 2.05) is 11.0 Å². The quantitative estimate of drug-likeness (QED) is 0.828. The van der Waals surface area contributed by atoms with E-state index >= 15 is 0 Å². The number of halogens is 1. The number of nitrogens with one attached hydrogen (secondary N) is 1. The molecule has 0 aliphatic carbocycles. The van der Waals surface area contributed by atoms with Crippen LogP contribution in [0.1, 0.15) is 37.3 Å². The van der Waals surface area contributed by atoms with Gasteiger partial charge < -0.3 is 9.64 Å². The van der Waals surface area contributed by atoms with Gasteiger partial charge in [0.25, 0.3) is 0 Å². The van der Waals surface area contributed by atoms with Crippen molar-refractivity contribution in [1.29, 1.82) is 0 Å². The highest BCUT2D eigenvalue weighted by atomic mass is 19.1. The van der Waals surface area contributed by atoms with Gasteiger partial charge in [0.1, 0.15) is 11.6 Å². The maximum atomic E-state index is 13.1. The van der Waals surface area contributed by atoms with Crippen molar-refractivity contribution in [1.82, 2.24) is 15.1 Å². The second kappa shape index (κ2) is 7.95. The minimum atomic E-state index is -0.318. The summed E-state index contributed by atoms with van der Waals surface area (Å²) in [5, 5.41) is 6.99. The van der Waals surface area contributed by atoms with Crippen LogP contribution in [0.15, 0.2) is 36.5 Å². The van der Waals surface area contributed by atoms with Crippen molar-refractivity contribution in [2.75, 3.05) is 19.7 Å². The number of ether oxygens (including phenoxy) is 1. The van der Waals surface area contributed by atoms with Crippen molar-refractivity contribution in [2.24, 2.45) is 0 Å². The second-order valence-electron chi connectivity index (χ2n) is 6.10. The molecule has 0 spiro atoms. The van der Waals surface area contributed by atoms with Crippen LogP contribution in [0.4, 0.5) is 4.39 Å². The smallest absolute Gasteiger partial charge is 0.222 e. The number of aromatic amines is 1. The Morgan fingerprint density at radius 1 is 1.42 bits per heavy atom. The van der Waals surface area contributed by atoms with Crippen LogP contribution in [-0.4, -0.2) is 40.7 Å². The number of rotatable bonds is 6. The lowest BCUT2D eigenvalue weighted by Crippen LogP contribution is -2.39. The summed E-state index contributed by atoms with van der Waals surface area (Å²) in [6.45, 7) is 1.97. The lowest BCUT2D eigenvalue weighted by atomic mass is 9.94. The molecule has 1 aromatic carbocycles. The highest BCUT2D eigenvalue weighted by Crippen LogP contribution is 2.25. The number of hydrogen-bond acceptors (Lipinski definition) is 3. The third-order valence-electron chi connectivity index (χ3n) is 4.34. The zero-order valence-electron chi connectivity index (χ0n) is 13.6. The molecule has 1 aliphatic heterocycles. The van der Waals surface area contributed by atoms with Crippen molar-refractivity contribution in [3.63, 3.8) is 0 Å². The topological polar surface area (TPSA) is 58.2 Å². The number of nitrogens with zero attached hydrogens (tertiary/aromatic N) is 2. The van der Waals surface area contributed by atoms with E-state index in [2.05, 4.69) is 10.2 Å². The first-order chi connectivity index (χ1) is 11.7. The fourth-order valence-corrected chi connectivity index (χ4v) is 3.08. The van der Waals surface area contributed by atoms with Crippen LogP contribution in [0.5, 0.6) is 5.75 Å². The Morgan fingerprint density at radius 3 is 3.12 bits per heavy atom. The summed E-state index contributed by atoms with van der Waals surface area (Å²) in [6.07, 6.45) is 4.91. The number of hydrogen-bond donors (Lipinski definition) is 1. The van der Waals surface area contributed by atoms with Gasteiger partial charge in [0.05, 0.1) is 6.61 Å². The molecule has 6 heteroatoms. The average Bonchev–Trinajstić information content (AvgIpc) is 3.13. The van der Waals surface area contributed by atoms with E-state index in [1.54, 1.807) is 18.3 Å². The first-order valence-corrected chi connectivity index (χ1v) is 8.38. The molecule has 1 fully saturated rings. The summed E-state index contributed by atoms with van der Waals surface area (Å²) in [5.74, 6) is 0.678. The number of carbonyl (C=O) groups excluding carboxylic acids is 1. The van der Waals surface area contributed by atoms with Gasteiger partial charge in [-0.05, 0) is 37.5 Å². The number of piperidine rings is 1. The molecule has 0 saturated carbocycles. The van der Waals surface area contributed by atoms with Crippen molar-refractivity contribution >= 4 is 5.91 Å². The van der Waals surface area contributed by atoms with Crippen molar-refractivity contribution < 1.29 is 13.9 Å². The van der Waals surface area contributed by atoms with E-state index < -0.39 is 0 Å². The maximum absolute atomic E-state index is 13.1. The molecular formula is C18H22FN3O2. The predicted octanol–water partition coefficient (Wildman–Crippen LogP) is 3.11. The molecule has 1 saturated heterocycles. The average molecular weight is 331 g/mol. The second-order valence-corrected chi connectivity index (χ2v) is 6.10. The van der Waals surface area contributed by atoms with Crippen LogP contribution in [-0.2, 0) is 4.79 Å². The molecular weight excluding hydrogens is 309 g/mol. The molecule has 1 amide bonds. The first kappa shape index (κ1) is 16.5. The minimum Gasteiger partial charge on any atom is -0.493 e. The van der Waals surface area contributed by atoms with Gasteiger partial charge in [-0.1, -0.05) is 6.07 Å². The van der Waals surface area contributed by atoms with Crippen LogP contribution in [0.25, 0.3) is 0 Å². The number of H-pyrrole nitrogens is 1. The molecule has 1 N–H and O–H groups in total. The molecule has 1 aromatic heterocycles. The van der Waals surface area contributed by atoms with Gasteiger partial charge in [-0.15, -0.1) is 0 Å². The highest BCUT2D eigenvalue weighted by Gasteiger charge is 2.25. The van der Waals surface area contributed by atoms with Gasteiger partial charge in [0.2, 0.25) is 5.91 Å². The van der Waals surface area contributed by atoms with E-state index in [0.717, 1.165) is 31.6 Å². The number of carbonyl (C=O) groups is 1. The summed E-state index contributed by atoms with van der Waals surface area (Å²) >= 11 is 0. The van der Waals surface area contributed by atoms with E-state index in [9.17, 15) is 9.18 Å². The SMILES string of the molecule is O=C(CCCOc1cccc(F)c1)N1CCCC(c2ccn[nH]2)C1. The summed E-state index contributed by atoms with van der Waals surface area (Å²) in [7, 11) is 0. The zero-order chi connectivity index (χ0) is 16.8. The third kappa shape index (κ3) is 4.34. The van der Waals surface area contributed by atoms with Gasteiger partial charge >= 0.3 is 0 Å². The van der Waals surface area contributed by atoms with Crippen LogP contribution in [0.3, 0.4) is 0 Å². The van der Waals surface area contributed by atoms with Crippen molar-refractivity contribution in [3.8, 4) is 5.75 Å². The molecule has 3 rings (SSSR count). The molecule has 128 valence electrons. The van der Waals surface area contributed by atoms with Gasteiger partial charge in [0, 0.05) is 43.4 Å². The number of benzene rings is 1. The maximum Gasteiger partial charge on any atom is 0.222 e. The van der Waals surface area contributed by atoms with E-state index in [4.69, 9.17) is 4.74 Å². The lowest BCUT2D eigenvalue weighted by Gasteiger charge is -2.32. The predicted molar refractivity (Wildman–Crippen MR) is 88.3 cm³/mol. The molecule has 5 nitrogen and oxygen atoms in total. The van der Waals surface area contributed by atoms with Crippen LogP contribution in [0, 0.1) is 5.82 Å². The fourth-order valence-electron chi connectivity index (χ4n) is 3.08. The summed E-state index contributed by atoms with van der Waals surface area (Å²) in [4.78, 5) is 14.3. The molecule has 1 aliphatic rings. The van der Waals surface area contributed by atoms with Gasteiger partial charge in [-0.2, -0.15) is 5.10 Å². The van der Waals surface area contributed by atoms with Gasteiger partial charge in [-0.25, -0.2) is 4.39 Å². The largest absolute Gasteiger partial charge is 0.493 e. The van der Waals surface area contributed by atoms with E-state index in [-0.39, 0.29) is 11.7 Å². The standard InChI is InChI=1S/C18H22FN3O2/c19-15-5-1-6-16(12-15)24-11-3-7-18(23)22-10-2-4-14(13-22)17-8-9-20-21-17/h1,5-6,8-9,12,14H,2-4,7,10-11,13H2,(H,20,21). The Hall–Kier alpha value is -2.37. The van der Waals surface area contributed by atoms with E-state index in [0.29, 0.717) is 31.1 Å². The van der Waals surface area contributed by atoms with Gasteiger partial charge in [-0.3, -0.25) is 9.89 Å². The van der Waals surface area contributed by atoms with Crippen LogP contribution in [0.2, 0.25) is 0 Å². The van der Waals surface area contributed by atoms with E-state index in [1.165, 1.54) is 12.1 Å². The Morgan fingerprint density at radius 2 is 2.33 bits per heavy atom. The van der Waals surface area contributed by atoms with Crippen molar-refractivity contribution in [3.05, 3.63) is 48.0 Å². The Bertz CT molecular complexity index is 660. The Balaban J connectivity index is 1.41. The molecule has 0 radical (unpaired) electrons. The van der Waals surface area contributed by atoms with Gasteiger partial charge in [0.15, 0.2) is 0 Å². The fraction of sp³-hybridized carbons (Fsp3) is 0.444. The first-order valence-electron chi connectivity index (χ1n) is 8.38.